The maximum absolute atomic E-state index is 11.9. The molecule has 5 heteroatoms. The lowest BCUT2D eigenvalue weighted by molar-refractivity contribution is -0.208. The normalized spacial score (nSPS) is 53.7. The summed E-state index contributed by atoms with van der Waals surface area (Å²) in [7, 11) is 0. The third-order valence-electron chi connectivity index (χ3n) is 13.2. The average molecular weight is 503 g/mol. The number of hydrogen-bond donors (Lipinski definition) is 2. The Morgan fingerprint density at radius 2 is 1.75 bits per heavy atom. The van der Waals surface area contributed by atoms with Crippen LogP contribution in [0, 0.1) is 51.2 Å². The molecule has 0 aromatic rings. The molecule has 0 aromatic carbocycles. The lowest BCUT2D eigenvalue weighted by atomic mass is 9.46. The molecular weight excluding hydrogens is 452 g/mol. The van der Waals surface area contributed by atoms with Crippen molar-refractivity contribution in [1.82, 2.24) is 0 Å². The second kappa shape index (κ2) is 7.72. The van der Waals surface area contributed by atoms with Gasteiger partial charge in [0.1, 0.15) is 0 Å². The van der Waals surface area contributed by atoms with Crippen LogP contribution in [0.3, 0.4) is 0 Å². The summed E-state index contributed by atoms with van der Waals surface area (Å²) in [5, 5.41) is 21.7. The first kappa shape index (κ1) is 25.6. The molecule has 1 saturated heterocycles. The minimum Gasteiger partial charge on any atom is -0.457 e. The number of carbonyl (C=O) groups excluding carboxylic acids is 1. The lowest BCUT2D eigenvalue weighted by Gasteiger charge is -2.59. The maximum Gasteiger partial charge on any atom is 0.303 e. The molecule has 0 bridgehead atoms. The number of hydrogen-bond acceptors (Lipinski definition) is 5. The Balaban J connectivity index is 1.27. The lowest BCUT2D eigenvalue weighted by Crippen LogP contribution is -2.56. The third kappa shape index (κ3) is 3.21. The van der Waals surface area contributed by atoms with E-state index in [4.69, 9.17) is 9.47 Å². The van der Waals surface area contributed by atoms with Crippen LogP contribution in [-0.2, 0) is 14.3 Å². The minimum atomic E-state index is -1.14. The van der Waals surface area contributed by atoms with Gasteiger partial charge in [0.2, 0.25) is 0 Å². The number of carbonyl (C=O) groups is 1. The Bertz CT molecular complexity index is 922. The summed E-state index contributed by atoms with van der Waals surface area (Å²) < 4.78 is 12.5. The number of aliphatic hydroxyl groups is 2. The zero-order chi connectivity index (χ0) is 26.1. The molecule has 0 radical (unpaired) electrons. The first-order valence-electron chi connectivity index (χ1n) is 14.9. The molecule has 2 N–H and O–H groups in total. The second-order valence-electron chi connectivity index (χ2n) is 15.6. The molecule has 5 saturated carbocycles. The highest BCUT2D eigenvalue weighted by Crippen LogP contribution is 2.87. The number of esters is 1. The number of aliphatic hydroxyl groups excluding tert-OH is 1. The van der Waals surface area contributed by atoms with Crippen molar-refractivity contribution < 1.29 is 24.5 Å². The Morgan fingerprint density at radius 1 is 1.03 bits per heavy atom. The monoisotopic (exact) mass is 502 g/mol. The van der Waals surface area contributed by atoms with E-state index in [9.17, 15) is 15.0 Å². The van der Waals surface area contributed by atoms with E-state index in [1.807, 2.05) is 0 Å². The molecular formula is C31H50O5. The molecule has 6 aliphatic rings. The summed E-state index contributed by atoms with van der Waals surface area (Å²) in [6, 6.07) is 0. The molecule has 5 aliphatic carbocycles. The maximum atomic E-state index is 11.9. The quantitative estimate of drug-likeness (QED) is 0.498. The van der Waals surface area contributed by atoms with Gasteiger partial charge in [-0.2, -0.15) is 0 Å². The molecule has 12 atom stereocenters. The van der Waals surface area contributed by atoms with Gasteiger partial charge in [-0.05, 0) is 123 Å². The molecule has 5 nitrogen and oxygen atoms in total. The largest absolute Gasteiger partial charge is 0.457 e. The smallest absolute Gasteiger partial charge is 0.303 e. The van der Waals surface area contributed by atoms with Crippen LogP contribution in [0.1, 0.15) is 106 Å². The van der Waals surface area contributed by atoms with Gasteiger partial charge in [0.25, 0.3) is 0 Å². The fourth-order valence-electron chi connectivity index (χ4n) is 11.9. The van der Waals surface area contributed by atoms with E-state index >= 15 is 0 Å². The predicted octanol–water partition coefficient (Wildman–Crippen LogP) is 5.50. The topological polar surface area (TPSA) is 76.0 Å². The Labute approximate surface area is 218 Å². The van der Waals surface area contributed by atoms with Gasteiger partial charge in [0, 0.05) is 6.92 Å². The van der Waals surface area contributed by atoms with Crippen LogP contribution in [0.5, 0.6) is 0 Å². The van der Waals surface area contributed by atoms with Crippen LogP contribution in [0.4, 0.5) is 0 Å². The van der Waals surface area contributed by atoms with Gasteiger partial charge in [0.15, 0.2) is 6.10 Å². The van der Waals surface area contributed by atoms with Crippen molar-refractivity contribution in [2.75, 3.05) is 0 Å². The number of fused-ring (bicyclic) bond motifs is 4. The van der Waals surface area contributed by atoms with E-state index in [-0.39, 0.29) is 29.7 Å². The highest BCUT2D eigenvalue weighted by molar-refractivity contribution is 5.66. The van der Waals surface area contributed by atoms with Gasteiger partial charge in [-0.15, -0.1) is 0 Å². The van der Waals surface area contributed by atoms with Crippen molar-refractivity contribution in [3.05, 3.63) is 0 Å². The molecule has 36 heavy (non-hydrogen) atoms. The summed E-state index contributed by atoms with van der Waals surface area (Å²) in [5.74, 6) is 2.78. The number of rotatable bonds is 3. The molecule has 6 rings (SSSR count). The predicted molar refractivity (Wildman–Crippen MR) is 138 cm³/mol. The summed E-state index contributed by atoms with van der Waals surface area (Å²) in [6.07, 6.45) is 9.88. The summed E-state index contributed by atoms with van der Waals surface area (Å²) in [6.45, 7) is 14.5. The second-order valence-corrected chi connectivity index (χ2v) is 15.6. The van der Waals surface area contributed by atoms with Gasteiger partial charge in [-0.25, -0.2) is 0 Å². The van der Waals surface area contributed by atoms with Gasteiger partial charge in [-0.1, -0.05) is 27.7 Å². The van der Waals surface area contributed by atoms with E-state index in [1.165, 1.54) is 45.4 Å². The van der Waals surface area contributed by atoms with E-state index in [1.54, 1.807) is 13.8 Å². The van der Waals surface area contributed by atoms with E-state index in [0.717, 1.165) is 25.2 Å². The molecule has 1 heterocycles. The highest BCUT2D eigenvalue weighted by atomic mass is 16.6. The third-order valence-corrected chi connectivity index (χ3v) is 13.2. The van der Waals surface area contributed by atoms with Gasteiger partial charge in [-0.3, -0.25) is 4.79 Å². The van der Waals surface area contributed by atoms with Crippen LogP contribution in [0.25, 0.3) is 0 Å². The Kier molecular flexibility index (Phi) is 5.49. The molecule has 2 spiro atoms. The average Bonchev–Trinajstić information content (AvgIpc) is 3.33. The SMILES string of the molecule is CC(=O)OC(C1C[C@@H](C)[C@H]2C(CC3C4CC[C@H]5C(C)(C)C(O)CCC56CC46CCC32C)O1)C(C)(C)O. The molecule has 6 fully saturated rings. The van der Waals surface area contributed by atoms with Crippen LogP contribution < -0.4 is 0 Å². The van der Waals surface area contributed by atoms with E-state index < -0.39 is 11.7 Å². The van der Waals surface area contributed by atoms with Crippen molar-refractivity contribution in [1.29, 1.82) is 0 Å². The Morgan fingerprint density at radius 3 is 2.42 bits per heavy atom. The molecule has 0 amide bonds. The Hall–Kier alpha value is -0.650. The van der Waals surface area contributed by atoms with Gasteiger partial charge >= 0.3 is 5.97 Å². The summed E-state index contributed by atoms with van der Waals surface area (Å²) in [4.78, 5) is 11.9. The minimum absolute atomic E-state index is 0.0325. The molecule has 1 aliphatic heterocycles. The summed E-state index contributed by atoms with van der Waals surface area (Å²) >= 11 is 0. The highest BCUT2D eigenvalue weighted by Gasteiger charge is 2.80. The van der Waals surface area contributed by atoms with Gasteiger partial charge < -0.3 is 19.7 Å². The van der Waals surface area contributed by atoms with Crippen molar-refractivity contribution in [3.63, 3.8) is 0 Å². The van der Waals surface area contributed by atoms with Crippen molar-refractivity contribution in [2.24, 2.45) is 51.2 Å². The van der Waals surface area contributed by atoms with Crippen LogP contribution in [0.2, 0.25) is 0 Å². The fraction of sp³-hybridized carbons (Fsp3) is 0.968. The zero-order valence-corrected chi connectivity index (χ0v) is 23.7. The number of ether oxygens (including phenoxy) is 2. The molecule has 0 aromatic heterocycles. The first-order chi connectivity index (χ1) is 16.7. The standard InChI is InChI=1S/C31H50O5/c1-17-14-22(26(28(5,6)34)35-18(2)32)36-21-15-20-19-8-9-23-27(3,4)24(33)10-11-31(23)16-30(19,31)13-12-29(20,7)25(17)21/h17,19-26,33-34H,8-16H2,1-7H3/t17-,19?,20?,21?,22?,23+,24?,25+,26?,29?,30?,31?/m1/s1. The fourth-order valence-corrected chi connectivity index (χ4v) is 11.9. The van der Waals surface area contributed by atoms with Gasteiger partial charge in [0.05, 0.1) is 23.9 Å². The van der Waals surface area contributed by atoms with E-state index in [0.29, 0.717) is 39.9 Å². The van der Waals surface area contributed by atoms with Crippen molar-refractivity contribution in [3.8, 4) is 0 Å². The molecule has 204 valence electrons. The molecule has 9 unspecified atom stereocenters. The van der Waals surface area contributed by atoms with E-state index in [2.05, 4.69) is 27.7 Å². The zero-order valence-electron chi connectivity index (χ0n) is 23.7. The summed E-state index contributed by atoms with van der Waals surface area (Å²) in [5.41, 5.74) is 0.145. The van der Waals surface area contributed by atoms with Crippen molar-refractivity contribution in [2.45, 2.75) is 136 Å². The van der Waals surface area contributed by atoms with Crippen LogP contribution in [-0.4, -0.2) is 46.2 Å². The van der Waals surface area contributed by atoms with Crippen molar-refractivity contribution >= 4 is 5.97 Å². The van der Waals surface area contributed by atoms with Crippen LogP contribution in [0.15, 0.2) is 0 Å². The van der Waals surface area contributed by atoms with Crippen LogP contribution >= 0.6 is 0 Å². The first-order valence-corrected chi connectivity index (χ1v) is 14.9.